The SMILES string of the molecule is CC(C)[C@H](C(=O)O)[S@](=O)Cc1ccc(C(F)(F)F)cc1. The summed E-state index contributed by atoms with van der Waals surface area (Å²) in [6.07, 6.45) is -4.42. The lowest BCUT2D eigenvalue weighted by Crippen LogP contribution is -2.31. The second kappa shape index (κ2) is 6.39. The van der Waals surface area contributed by atoms with Crippen LogP contribution < -0.4 is 0 Å². The molecule has 0 spiro atoms. The number of carbonyl (C=O) groups is 1. The topological polar surface area (TPSA) is 54.4 Å². The summed E-state index contributed by atoms with van der Waals surface area (Å²) in [5.41, 5.74) is -0.367. The van der Waals surface area contributed by atoms with Gasteiger partial charge in [-0.1, -0.05) is 26.0 Å². The molecule has 0 aromatic heterocycles. The second-order valence-corrected chi connectivity index (χ2v) is 6.28. The Balaban J connectivity index is 2.83. The Morgan fingerprint density at radius 1 is 1.25 bits per heavy atom. The summed E-state index contributed by atoms with van der Waals surface area (Å²) in [4.78, 5) is 11.0. The lowest BCUT2D eigenvalue weighted by Gasteiger charge is -2.16. The van der Waals surface area contributed by atoms with Crippen molar-refractivity contribution in [3.63, 3.8) is 0 Å². The summed E-state index contributed by atoms with van der Waals surface area (Å²) in [5.74, 6) is -1.55. The van der Waals surface area contributed by atoms with Crippen molar-refractivity contribution in [3.8, 4) is 0 Å². The molecule has 0 heterocycles. The molecule has 0 aliphatic carbocycles. The molecule has 1 aromatic carbocycles. The molecule has 112 valence electrons. The van der Waals surface area contributed by atoms with Crippen molar-refractivity contribution in [1.29, 1.82) is 0 Å². The molecule has 7 heteroatoms. The first-order valence-electron chi connectivity index (χ1n) is 5.89. The number of halogens is 3. The van der Waals surface area contributed by atoms with Crippen LogP contribution >= 0.6 is 0 Å². The van der Waals surface area contributed by atoms with Gasteiger partial charge in [0.1, 0.15) is 5.25 Å². The molecule has 0 aliphatic heterocycles. The summed E-state index contributed by atoms with van der Waals surface area (Å²) >= 11 is 0. The van der Waals surface area contributed by atoms with E-state index in [2.05, 4.69) is 0 Å². The Bertz CT molecular complexity index is 495. The average Bonchev–Trinajstić information content (AvgIpc) is 2.26. The summed E-state index contributed by atoms with van der Waals surface area (Å²) < 4.78 is 49.1. The van der Waals surface area contributed by atoms with E-state index < -0.39 is 33.8 Å². The van der Waals surface area contributed by atoms with Crippen molar-refractivity contribution >= 4 is 16.8 Å². The highest BCUT2D eigenvalue weighted by Gasteiger charge is 2.31. The molecule has 1 N–H and O–H groups in total. The third-order valence-corrected chi connectivity index (χ3v) is 4.65. The van der Waals surface area contributed by atoms with Crippen molar-refractivity contribution < 1.29 is 27.3 Å². The summed E-state index contributed by atoms with van der Waals surface area (Å²) in [6.45, 7) is 3.28. The van der Waals surface area contributed by atoms with E-state index in [-0.39, 0.29) is 11.7 Å². The average molecular weight is 308 g/mol. The highest BCUT2D eigenvalue weighted by atomic mass is 32.2. The van der Waals surface area contributed by atoms with Gasteiger partial charge >= 0.3 is 12.1 Å². The first-order chi connectivity index (χ1) is 9.12. The minimum absolute atomic E-state index is 0.0761. The lowest BCUT2D eigenvalue weighted by atomic mass is 10.1. The van der Waals surface area contributed by atoms with Crippen molar-refractivity contribution in [3.05, 3.63) is 35.4 Å². The van der Waals surface area contributed by atoms with Gasteiger partial charge in [-0.3, -0.25) is 9.00 Å². The molecule has 0 unspecified atom stereocenters. The maximum Gasteiger partial charge on any atom is 0.416 e. The molecular formula is C13H15F3O3S. The molecule has 20 heavy (non-hydrogen) atoms. The maximum absolute atomic E-state index is 12.4. The Kier molecular flexibility index (Phi) is 5.33. The molecule has 0 bridgehead atoms. The van der Waals surface area contributed by atoms with Gasteiger partial charge in [-0.05, 0) is 23.6 Å². The van der Waals surface area contributed by atoms with Crippen molar-refractivity contribution in [2.45, 2.75) is 31.0 Å². The Labute approximate surface area is 117 Å². The summed E-state index contributed by atoms with van der Waals surface area (Å²) in [7, 11) is -1.68. The molecule has 0 radical (unpaired) electrons. The molecule has 1 aromatic rings. The van der Waals surface area contributed by atoms with Gasteiger partial charge in [0, 0.05) is 16.6 Å². The number of carboxylic acid groups (broad SMARTS) is 1. The summed E-state index contributed by atoms with van der Waals surface area (Å²) in [6, 6.07) is 4.25. The van der Waals surface area contributed by atoms with Gasteiger partial charge < -0.3 is 5.11 Å². The monoisotopic (exact) mass is 308 g/mol. The standard InChI is InChI=1S/C13H15F3O3S/c1-8(2)11(12(17)18)20(19)7-9-3-5-10(6-4-9)13(14,15)16/h3-6,8,11H,7H2,1-2H3,(H,17,18)/t11-,20-/m1/s1. The molecule has 0 amide bonds. The Hall–Kier alpha value is -1.37. The van der Waals surface area contributed by atoms with E-state index in [0.29, 0.717) is 5.56 Å². The molecule has 0 fully saturated rings. The van der Waals surface area contributed by atoms with Gasteiger partial charge in [0.15, 0.2) is 0 Å². The normalized spacial score (nSPS) is 15.1. The van der Waals surface area contributed by atoms with Crippen LogP contribution in [0, 0.1) is 5.92 Å². The van der Waals surface area contributed by atoms with E-state index in [1.165, 1.54) is 12.1 Å². The van der Waals surface area contributed by atoms with E-state index in [4.69, 9.17) is 5.11 Å². The largest absolute Gasteiger partial charge is 0.480 e. The fraction of sp³-hybridized carbons (Fsp3) is 0.462. The lowest BCUT2D eigenvalue weighted by molar-refractivity contribution is -0.138. The van der Waals surface area contributed by atoms with Crippen molar-refractivity contribution in [2.75, 3.05) is 0 Å². The van der Waals surface area contributed by atoms with Crippen molar-refractivity contribution in [1.82, 2.24) is 0 Å². The maximum atomic E-state index is 12.4. The number of benzene rings is 1. The van der Waals surface area contributed by atoms with Crippen LogP contribution in [-0.4, -0.2) is 20.5 Å². The molecule has 3 nitrogen and oxygen atoms in total. The van der Waals surface area contributed by atoms with Crippen LogP contribution in [0.3, 0.4) is 0 Å². The highest BCUT2D eigenvalue weighted by Crippen LogP contribution is 2.29. The first kappa shape index (κ1) is 16.7. The molecular weight excluding hydrogens is 293 g/mol. The number of carboxylic acids is 1. The zero-order chi connectivity index (χ0) is 15.5. The van der Waals surface area contributed by atoms with Crippen LogP contribution in [0.5, 0.6) is 0 Å². The Morgan fingerprint density at radius 2 is 1.75 bits per heavy atom. The predicted molar refractivity (Wildman–Crippen MR) is 69.6 cm³/mol. The van der Waals surface area contributed by atoms with Crippen LogP contribution in [0.1, 0.15) is 25.0 Å². The smallest absolute Gasteiger partial charge is 0.416 e. The predicted octanol–water partition coefficient (Wildman–Crippen LogP) is 3.06. The number of hydrogen-bond donors (Lipinski definition) is 1. The quantitative estimate of drug-likeness (QED) is 0.909. The van der Waals surface area contributed by atoms with Gasteiger partial charge in [-0.25, -0.2) is 0 Å². The highest BCUT2D eigenvalue weighted by molar-refractivity contribution is 7.85. The summed E-state index contributed by atoms with van der Waals surface area (Å²) in [5, 5.41) is 7.97. The second-order valence-electron chi connectivity index (χ2n) is 4.72. The number of hydrogen-bond acceptors (Lipinski definition) is 2. The minimum atomic E-state index is -4.42. The van der Waals surface area contributed by atoms with Gasteiger partial charge in [0.25, 0.3) is 0 Å². The zero-order valence-corrected chi connectivity index (χ0v) is 11.8. The Morgan fingerprint density at radius 3 is 2.10 bits per heavy atom. The van der Waals surface area contributed by atoms with Gasteiger partial charge in [0.05, 0.1) is 5.56 Å². The first-order valence-corrected chi connectivity index (χ1v) is 7.27. The van der Waals surface area contributed by atoms with E-state index >= 15 is 0 Å². The third kappa shape index (κ3) is 4.33. The van der Waals surface area contributed by atoms with E-state index in [1.54, 1.807) is 13.8 Å². The number of rotatable bonds is 5. The van der Waals surface area contributed by atoms with E-state index in [0.717, 1.165) is 12.1 Å². The molecule has 0 saturated carbocycles. The van der Waals surface area contributed by atoms with Crippen LogP contribution in [0.4, 0.5) is 13.2 Å². The molecule has 2 atom stereocenters. The van der Waals surface area contributed by atoms with E-state index in [9.17, 15) is 22.2 Å². The van der Waals surface area contributed by atoms with Gasteiger partial charge in [0.2, 0.25) is 0 Å². The van der Waals surface area contributed by atoms with Crippen molar-refractivity contribution in [2.24, 2.45) is 5.92 Å². The zero-order valence-electron chi connectivity index (χ0n) is 11.0. The van der Waals surface area contributed by atoms with Crippen LogP contribution in [0.2, 0.25) is 0 Å². The van der Waals surface area contributed by atoms with Crippen LogP contribution in [-0.2, 0) is 27.5 Å². The van der Waals surface area contributed by atoms with Crippen LogP contribution in [0.25, 0.3) is 0 Å². The minimum Gasteiger partial charge on any atom is -0.480 e. The third-order valence-electron chi connectivity index (χ3n) is 2.72. The van der Waals surface area contributed by atoms with Gasteiger partial charge in [-0.15, -0.1) is 0 Å². The van der Waals surface area contributed by atoms with Gasteiger partial charge in [-0.2, -0.15) is 13.2 Å². The number of alkyl halides is 3. The molecule has 0 aliphatic rings. The van der Waals surface area contributed by atoms with E-state index in [1.807, 2.05) is 0 Å². The fourth-order valence-electron chi connectivity index (χ4n) is 1.75. The molecule has 0 saturated heterocycles. The van der Waals surface area contributed by atoms with Crippen LogP contribution in [0.15, 0.2) is 24.3 Å². The number of aliphatic carboxylic acids is 1. The molecule has 1 rings (SSSR count). The fourth-order valence-corrected chi connectivity index (χ4v) is 3.28.